The van der Waals surface area contributed by atoms with E-state index in [-0.39, 0.29) is 0 Å². The van der Waals surface area contributed by atoms with Gasteiger partial charge in [-0.15, -0.1) is 11.3 Å². The Kier molecular flexibility index (Phi) is 4.56. The minimum Gasteiger partial charge on any atom is -0.134 e. The van der Waals surface area contributed by atoms with Crippen LogP contribution < -0.4 is 0 Å². The van der Waals surface area contributed by atoms with Crippen LogP contribution in [0.5, 0.6) is 0 Å². The van der Waals surface area contributed by atoms with Crippen LogP contribution in [0.3, 0.4) is 0 Å². The smallest absolute Gasteiger partial charge is 0.0434 e. The Balaban J connectivity index is 1.64. The minimum atomic E-state index is 1.20. The van der Waals surface area contributed by atoms with Gasteiger partial charge in [0.25, 0.3) is 0 Å². The van der Waals surface area contributed by atoms with Crippen LogP contribution in [0.4, 0.5) is 0 Å². The third kappa shape index (κ3) is 2.99. The molecule has 0 unspecified atom stereocenters. The molecule has 1 aromatic heterocycles. The fraction of sp³-hybridized carbons (Fsp3) is 0.259. The quantitative estimate of drug-likeness (QED) is 0.266. The van der Waals surface area contributed by atoms with Gasteiger partial charge in [0.2, 0.25) is 0 Å². The van der Waals surface area contributed by atoms with Crippen LogP contribution in [-0.2, 0) is 6.42 Å². The SMILES string of the molecule is CCCCCCc1ccc2c(ccc3c4ccc5cc(C)ccc5c4sc23)c1. The molecule has 0 aliphatic rings. The van der Waals surface area contributed by atoms with Gasteiger partial charge in [0.05, 0.1) is 0 Å². The van der Waals surface area contributed by atoms with Gasteiger partial charge in [0, 0.05) is 20.2 Å². The maximum absolute atomic E-state index is 2.41. The molecular weight excluding hydrogens is 356 g/mol. The molecule has 1 heteroatoms. The molecule has 0 saturated heterocycles. The Bertz CT molecular complexity index is 1310. The van der Waals surface area contributed by atoms with Crippen LogP contribution in [0.1, 0.15) is 43.7 Å². The predicted molar refractivity (Wildman–Crippen MR) is 127 cm³/mol. The third-order valence-electron chi connectivity index (χ3n) is 5.97. The van der Waals surface area contributed by atoms with E-state index in [1.807, 2.05) is 11.3 Å². The minimum absolute atomic E-state index is 1.20. The Morgan fingerprint density at radius 2 is 1.29 bits per heavy atom. The lowest BCUT2D eigenvalue weighted by Gasteiger charge is -2.05. The van der Waals surface area contributed by atoms with Crippen LogP contribution in [-0.4, -0.2) is 0 Å². The van der Waals surface area contributed by atoms with E-state index in [9.17, 15) is 0 Å². The Hall–Kier alpha value is -2.38. The zero-order valence-electron chi connectivity index (χ0n) is 16.7. The van der Waals surface area contributed by atoms with Crippen molar-refractivity contribution in [3.05, 3.63) is 71.8 Å². The molecule has 0 spiro atoms. The summed E-state index contributed by atoms with van der Waals surface area (Å²) < 4.78 is 2.85. The summed E-state index contributed by atoms with van der Waals surface area (Å²) in [5.41, 5.74) is 2.80. The van der Waals surface area contributed by atoms with Gasteiger partial charge in [-0.3, -0.25) is 0 Å². The molecule has 0 amide bonds. The highest BCUT2D eigenvalue weighted by molar-refractivity contribution is 7.27. The lowest BCUT2D eigenvalue weighted by Crippen LogP contribution is -1.86. The molecule has 0 saturated carbocycles. The summed E-state index contributed by atoms with van der Waals surface area (Å²) in [6.07, 6.45) is 6.50. The average molecular weight is 383 g/mol. The van der Waals surface area contributed by atoms with Crippen LogP contribution in [0, 0.1) is 6.92 Å². The molecule has 5 rings (SSSR count). The summed E-state index contributed by atoms with van der Waals surface area (Å²) in [6, 6.07) is 23.2. The third-order valence-corrected chi connectivity index (χ3v) is 7.26. The molecule has 0 fully saturated rings. The van der Waals surface area contributed by atoms with Crippen molar-refractivity contribution in [3.8, 4) is 0 Å². The van der Waals surface area contributed by atoms with E-state index in [1.54, 1.807) is 0 Å². The van der Waals surface area contributed by atoms with Gasteiger partial charge in [-0.25, -0.2) is 0 Å². The Labute approximate surface area is 170 Å². The van der Waals surface area contributed by atoms with E-state index in [1.165, 1.54) is 84.9 Å². The van der Waals surface area contributed by atoms with Crippen molar-refractivity contribution in [1.29, 1.82) is 0 Å². The number of unbranched alkanes of at least 4 members (excludes halogenated alkanes) is 3. The van der Waals surface area contributed by atoms with E-state index >= 15 is 0 Å². The number of hydrogen-bond donors (Lipinski definition) is 0. The first-order chi connectivity index (χ1) is 13.7. The van der Waals surface area contributed by atoms with Crippen molar-refractivity contribution in [2.24, 2.45) is 0 Å². The topological polar surface area (TPSA) is 0 Å². The van der Waals surface area contributed by atoms with Gasteiger partial charge in [-0.1, -0.05) is 92.4 Å². The second-order valence-corrected chi connectivity index (χ2v) is 9.10. The molecule has 0 nitrogen and oxygen atoms in total. The molecule has 1 heterocycles. The maximum atomic E-state index is 2.41. The van der Waals surface area contributed by atoms with Crippen molar-refractivity contribution in [2.75, 3.05) is 0 Å². The van der Waals surface area contributed by atoms with Crippen LogP contribution >= 0.6 is 11.3 Å². The summed E-state index contributed by atoms with van der Waals surface area (Å²) in [5, 5.41) is 8.29. The standard InChI is InChI=1S/C27H26S/c1-3-4-5-6-7-19-9-13-23-21(17-19)11-15-25-24-14-10-20-16-18(2)8-12-22(20)26(24)28-27(23)25/h8-17H,3-7H2,1-2H3. The predicted octanol–water partition coefficient (Wildman–Crippen LogP) is 8.79. The summed E-state index contributed by atoms with van der Waals surface area (Å²) in [5.74, 6) is 0. The number of fused-ring (bicyclic) bond motifs is 7. The van der Waals surface area contributed by atoms with Crippen LogP contribution in [0.2, 0.25) is 0 Å². The highest BCUT2D eigenvalue weighted by Crippen LogP contribution is 2.41. The first-order valence-electron chi connectivity index (χ1n) is 10.5. The van der Waals surface area contributed by atoms with E-state index in [0.29, 0.717) is 0 Å². The fourth-order valence-electron chi connectivity index (χ4n) is 4.43. The first kappa shape index (κ1) is 17.7. The zero-order valence-corrected chi connectivity index (χ0v) is 17.5. The van der Waals surface area contributed by atoms with Gasteiger partial charge in [-0.2, -0.15) is 0 Å². The van der Waals surface area contributed by atoms with Gasteiger partial charge in [-0.05, 0) is 46.9 Å². The molecule has 0 N–H and O–H groups in total. The monoisotopic (exact) mass is 382 g/mol. The molecule has 5 aromatic rings. The molecular formula is C27H26S. The Morgan fingerprint density at radius 1 is 0.643 bits per heavy atom. The molecule has 140 valence electrons. The lowest BCUT2D eigenvalue weighted by atomic mass is 10.00. The Morgan fingerprint density at radius 3 is 2.00 bits per heavy atom. The summed E-state index contributed by atoms with van der Waals surface area (Å²) in [6.45, 7) is 4.44. The van der Waals surface area contributed by atoms with Crippen molar-refractivity contribution in [1.82, 2.24) is 0 Å². The van der Waals surface area contributed by atoms with E-state index in [4.69, 9.17) is 0 Å². The van der Waals surface area contributed by atoms with Gasteiger partial charge < -0.3 is 0 Å². The molecule has 0 atom stereocenters. The number of aryl methyl sites for hydroxylation is 2. The van der Waals surface area contributed by atoms with Crippen LogP contribution in [0.15, 0.2) is 60.7 Å². The summed E-state index contributed by atoms with van der Waals surface area (Å²) >= 11 is 1.96. The summed E-state index contributed by atoms with van der Waals surface area (Å²) in [4.78, 5) is 0. The number of benzene rings is 4. The van der Waals surface area contributed by atoms with E-state index in [2.05, 4.69) is 74.5 Å². The maximum Gasteiger partial charge on any atom is 0.0434 e. The van der Waals surface area contributed by atoms with E-state index < -0.39 is 0 Å². The first-order valence-corrected chi connectivity index (χ1v) is 11.3. The second-order valence-electron chi connectivity index (χ2n) is 8.08. The molecule has 0 aliphatic heterocycles. The fourth-order valence-corrected chi connectivity index (χ4v) is 5.80. The van der Waals surface area contributed by atoms with Crippen LogP contribution in [0.25, 0.3) is 41.7 Å². The molecule has 0 aliphatic carbocycles. The van der Waals surface area contributed by atoms with Crippen molar-refractivity contribution in [2.45, 2.75) is 46.0 Å². The van der Waals surface area contributed by atoms with Gasteiger partial charge in [0.15, 0.2) is 0 Å². The molecule has 4 aromatic carbocycles. The number of rotatable bonds is 5. The highest BCUT2D eigenvalue weighted by atomic mass is 32.1. The molecule has 0 bridgehead atoms. The van der Waals surface area contributed by atoms with Crippen molar-refractivity contribution in [3.63, 3.8) is 0 Å². The lowest BCUT2D eigenvalue weighted by molar-refractivity contribution is 0.667. The molecule has 28 heavy (non-hydrogen) atoms. The highest BCUT2D eigenvalue weighted by Gasteiger charge is 2.11. The zero-order chi connectivity index (χ0) is 19.1. The second kappa shape index (κ2) is 7.22. The van der Waals surface area contributed by atoms with Gasteiger partial charge >= 0.3 is 0 Å². The largest absolute Gasteiger partial charge is 0.134 e. The van der Waals surface area contributed by atoms with Crippen molar-refractivity contribution < 1.29 is 0 Å². The van der Waals surface area contributed by atoms with Gasteiger partial charge in [0.1, 0.15) is 0 Å². The molecule has 0 radical (unpaired) electrons. The van der Waals surface area contributed by atoms with Crippen molar-refractivity contribution >= 4 is 53.1 Å². The summed E-state index contributed by atoms with van der Waals surface area (Å²) in [7, 11) is 0. The van der Waals surface area contributed by atoms with E-state index in [0.717, 1.165) is 0 Å². The average Bonchev–Trinajstić information content (AvgIpc) is 3.10. The number of hydrogen-bond acceptors (Lipinski definition) is 1. The number of thiophene rings is 1. The normalized spacial score (nSPS) is 11.9.